The van der Waals surface area contributed by atoms with Gasteiger partial charge in [0.05, 0.1) is 0 Å². The Bertz CT molecular complexity index is 286. The topological polar surface area (TPSA) is 0 Å². The average Bonchev–Trinajstić information content (AvgIpc) is 2.25. The van der Waals surface area contributed by atoms with Crippen LogP contribution in [-0.4, -0.2) is 0 Å². The summed E-state index contributed by atoms with van der Waals surface area (Å²) in [7, 11) is 0. The summed E-state index contributed by atoms with van der Waals surface area (Å²) < 4.78 is 0. The molecular formula is C15H24. The van der Waals surface area contributed by atoms with E-state index in [9.17, 15) is 0 Å². The van der Waals surface area contributed by atoms with Gasteiger partial charge in [-0.3, -0.25) is 0 Å². The van der Waals surface area contributed by atoms with E-state index in [4.69, 9.17) is 0 Å². The SMILES string of the molecule is CCCCCCc1ccc(CC)c(C)c1. The Morgan fingerprint density at radius 3 is 2.40 bits per heavy atom. The summed E-state index contributed by atoms with van der Waals surface area (Å²) in [5.41, 5.74) is 4.47. The van der Waals surface area contributed by atoms with Crippen LogP contribution in [0, 0.1) is 6.92 Å². The van der Waals surface area contributed by atoms with Crippen molar-refractivity contribution in [3.63, 3.8) is 0 Å². The molecule has 0 saturated carbocycles. The van der Waals surface area contributed by atoms with Gasteiger partial charge in [0.25, 0.3) is 0 Å². The normalized spacial score (nSPS) is 10.6. The Hall–Kier alpha value is -0.780. The van der Waals surface area contributed by atoms with Crippen LogP contribution in [0.15, 0.2) is 18.2 Å². The first-order chi connectivity index (χ1) is 7.27. The lowest BCUT2D eigenvalue weighted by Gasteiger charge is -2.06. The molecule has 0 bridgehead atoms. The summed E-state index contributed by atoms with van der Waals surface area (Å²) in [4.78, 5) is 0. The predicted octanol–water partition coefficient (Wildman–Crippen LogP) is 4.68. The lowest BCUT2D eigenvalue weighted by molar-refractivity contribution is 0.666. The van der Waals surface area contributed by atoms with Gasteiger partial charge in [-0.15, -0.1) is 0 Å². The first kappa shape index (κ1) is 12.3. The zero-order valence-electron chi connectivity index (χ0n) is 10.5. The van der Waals surface area contributed by atoms with E-state index in [0.29, 0.717) is 0 Å². The lowest BCUT2D eigenvalue weighted by Crippen LogP contribution is -1.91. The van der Waals surface area contributed by atoms with E-state index in [0.717, 1.165) is 6.42 Å². The van der Waals surface area contributed by atoms with Gasteiger partial charge in [-0.25, -0.2) is 0 Å². The van der Waals surface area contributed by atoms with Gasteiger partial charge in [0.1, 0.15) is 0 Å². The molecule has 0 amide bonds. The molecule has 0 unspecified atom stereocenters. The van der Waals surface area contributed by atoms with Gasteiger partial charge in [-0.1, -0.05) is 51.3 Å². The Balaban J connectivity index is 2.45. The highest BCUT2D eigenvalue weighted by Gasteiger charge is 1.98. The Morgan fingerprint density at radius 2 is 1.80 bits per heavy atom. The molecule has 0 fully saturated rings. The fourth-order valence-electron chi connectivity index (χ4n) is 2.07. The molecule has 0 heteroatoms. The maximum Gasteiger partial charge on any atom is -0.0279 e. The summed E-state index contributed by atoms with van der Waals surface area (Å²) in [6.45, 7) is 6.72. The van der Waals surface area contributed by atoms with Crippen LogP contribution in [0.4, 0.5) is 0 Å². The smallest absolute Gasteiger partial charge is 0.0279 e. The molecule has 0 radical (unpaired) electrons. The van der Waals surface area contributed by atoms with Crippen molar-refractivity contribution >= 4 is 0 Å². The van der Waals surface area contributed by atoms with Crippen molar-refractivity contribution in [1.82, 2.24) is 0 Å². The minimum Gasteiger partial charge on any atom is -0.0654 e. The second-order valence-corrected chi connectivity index (χ2v) is 4.43. The molecular weight excluding hydrogens is 180 g/mol. The molecule has 84 valence electrons. The first-order valence-electron chi connectivity index (χ1n) is 6.36. The van der Waals surface area contributed by atoms with Crippen LogP contribution in [0.2, 0.25) is 0 Å². The lowest BCUT2D eigenvalue weighted by atomic mass is 10.00. The molecule has 0 aliphatic rings. The number of unbranched alkanes of at least 4 members (excludes halogenated alkanes) is 3. The maximum absolute atomic E-state index is 2.37. The van der Waals surface area contributed by atoms with Gasteiger partial charge >= 0.3 is 0 Å². The minimum absolute atomic E-state index is 1.15. The summed E-state index contributed by atoms with van der Waals surface area (Å²) in [6, 6.07) is 6.97. The first-order valence-corrected chi connectivity index (χ1v) is 6.36. The van der Waals surface area contributed by atoms with Crippen molar-refractivity contribution in [2.24, 2.45) is 0 Å². The molecule has 1 aromatic rings. The zero-order chi connectivity index (χ0) is 11.1. The third-order valence-corrected chi connectivity index (χ3v) is 3.11. The quantitative estimate of drug-likeness (QED) is 0.590. The zero-order valence-corrected chi connectivity index (χ0v) is 10.5. The van der Waals surface area contributed by atoms with E-state index in [2.05, 4.69) is 39.0 Å². The van der Waals surface area contributed by atoms with E-state index in [1.165, 1.54) is 48.8 Å². The molecule has 0 heterocycles. The van der Waals surface area contributed by atoms with E-state index >= 15 is 0 Å². The highest BCUT2D eigenvalue weighted by atomic mass is 14.0. The molecule has 0 saturated heterocycles. The predicted molar refractivity (Wildman–Crippen MR) is 68.4 cm³/mol. The molecule has 1 aromatic carbocycles. The Kier molecular flexibility index (Phi) is 5.45. The average molecular weight is 204 g/mol. The summed E-state index contributed by atoms with van der Waals surface area (Å²) in [6.07, 6.45) is 7.84. The molecule has 15 heavy (non-hydrogen) atoms. The molecule has 0 aliphatic carbocycles. The van der Waals surface area contributed by atoms with Gasteiger partial charge in [0.2, 0.25) is 0 Å². The van der Waals surface area contributed by atoms with Crippen LogP contribution < -0.4 is 0 Å². The van der Waals surface area contributed by atoms with Gasteiger partial charge in [0.15, 0.2) is 0 Å². The van der Waals surface area contributed by atoms with Crippen LogP contribution in [0.3, 0.4) is 0 Å². The van der Waals surface area contributed by atoms with Gasteiger partial charge in [-0.2, -0.15) is 0 Å². The van der Waals surface area contributed by atoms with E-state index in [-0.39, 0.29) is 0 Å². The summed E-state index contributed by atoms with van der Waals surface area (Å²) in [5, 5.41) is 0. The molecule has 0 atom stereocenters. The molecule has 0 N–H and O–H groups in total. The molecule has 1 rings (SSSR count). The van der Waals surface area contributed by atoms with Crippen LogP contribution in [0.25, 0.3) is 0 Å². The second kappa shape index (κ2) is 6.66. The number of hydrogen-bond acceptors (Lipinski definition) is 0. The third kappa shape index (κ3) is 4.07. The largest absolute Gasteiger partial charge is 0.0654 e. The fourth-order valence-corrected chi connectivity index (χ4v) is 2.07. The molecule has 0 spiro atoms. The third-order valence-electron chi connectivity index (χ3n) is 3.11. The number of rotatable bonds is 6. The molecule has 0 aliphatic heterocycles. The molecule has 0 nitrogen and oxygen atoms in total. The van der Waals surface area contributed by atoms with Gasteiger partial charge < -0.3 is 0 Å². The maximum atomic E-state index is 2.37. The van der Waals surface area contributed by atoms with Crippen molar-refractivity contribution in [2.45, 2.75) is 59.3 Å². The van der Waals surface area contributed by atoms with Crippen molar-refractivity contribution in [1.29, 1.82) is 0 Å². The highest BCUT2D eigenvalue weighted by molar-refractivity contribution is 5.31. The minimum atomic E-state index is 1.15. The van der Waals surface area contributed by atoms with E-state index in [1.54, 1.807) is 0 Å². The Labute approximate surface area is 94.7 Å². The monoisotopic (exact) mass is 204 g/mol. The number of aryl methyl sites for hydroxylation is 3. The van der Waals surface area contributed by atoms with Crippen molar-refractivity contribution < 1.29 is 0 Å². The van der Waals surface area contributed by atoms with Gasteiger partial charge in [0, 0.05) is 0 Å². The van der Waals surface area contributed by atoms with E-state index in [1.807, 2.05) is 0 Å². The van der Waals surface area contributed by atoms with E-state index < -0.39 is 0 Å². The second-order valence-electron chi connectivity index (χ2n) is 4.43. The number of benzene rings is 1. The van der Waals surface area contributed by atoms with Gasteiger partial charge in [-0.05, 0) is 42.9 Å². The summed E-state index contributed by atoms with van der Waals surface area (Å²) >= 11 is 0. The van der Waals surface area contributed by atoms with Crippen molar-refractivity contribution in [2.75, 3.05) is 0 Å². The van der Waals surface area contributed by atoms with Crippen LogP contribution in [0.5, 0.6) is 0 Å². The van der Waals surface area contributed by atoms with Crippen LogP contribution >= 0.6 is 0 Å². The number of hydrogen-bond donors (Lipinski definition) is 0. The summed E-state index contributed by atoms with van der Waals surface area (Å²) in [5.74, 6) is 0. The Morgan fingerprint density at radius 1 is 1.00 bits per heavy atom. The van der Waals surface area contributed by atoms with Crippen molar-refractivity contribution in [3.8, 4) is 0 Å². The van der Waals surface area contributed by atoms with Crippen molar-refractivity contribution in [3.05, 3.63) is 34.9 Å². The standard InChI is InChI=1S/C15H24/c1-4-6-7-8-9-14-10-11-15(5-2)13(3)12-14/h10-12H,4-9H2,1-3H3. The highest BCUT2D eigenvalue weighted by Crippen LogP contribution is 2.14. The van der Waals surface area contributed by atoms with Crippen LogP contribution in [-0.2, 0) is 12.8 Å². The molecule has 0 aromatic heterocycles. The van der Waals surface area contributed by atoms with Crippen LogP contribution in [0.1, 0.15) is 56.2 Å². The fraction of sp³-hybridized carbons (Fsp3) is 0.600.